The maximum absolute atomic E-state index is 10.9. The van der Waals surface area contributed by atoms with E-state index in [1.165, 1.54) is 18.4 Å². The molecule has 0 bridgehead atoms. The van der Waals surface area contributed by atoms with Gasteiger partial charge in [0, 0.05) is 6.42 Å². The Labute approximate surface area is 103 Å². The van der Waals surface area contributed by atoms with Gasteiger partial charge < -0.3 is 5.11 Å². The predicted molar refractivity (Wildman–Crippen MR) is 68.0 cm³/mol. The minimum absolute atomic E-state index is 0.0969. The second kappa shape index (κ2) is 4.91. The SMILES string of the molecule is CC(CC(=O)O)C1(c2ccccc2)CCCC1. The topological polar surface area (TPSA) is 37.3 Å². The Balaban J connectivity index is 2.30. The third-order valence-corrected chi connectivity index (χ3v) is 4.27. The highest BCUT2D eigenvalue weighted by molar-refractivity contribution is 5.67. The van der Waals surface area contributed by atoms with Gasteiger partial charge in [0.25, 0.3) is 0 Å². The normalized spacial score (nSPS) is 20.1. The molecule has 0 spiro atoms. The van der Waals surface area contributed by atoms with Crippen molar-refractivity contribution in [3.05, 3.63) is 35.9 Å². The van der Waals surface area contributed by atoms with E-state index in [0.717, 1.165) is 12.8 Å². The molecule has 0 heterocycles. The lowest BCUT2D eigenvalue weighted by atomic mass is 9.68. The molecule has 17 heavy (non-hydrogen) atoms. The molecule has 92 valence electrons. The molecule has 1 aliphatic rings. The molecule has 2 heteroatoms. The van der Waals surface area contributed by atoms with Crippen molar-refractivity contribution in [2.75, 3.05) is 0 Å². The lowest BCUT2D eigenvalue weighted by Gasteiger charge is -2.35. The highest BCUT2D eigenvalue weighted by atomic mass is 16.4. The van der Waals surface area contributed by atoms with Gasteiger partial charge in [0.2, 0.25) is 0 Å². The number of carboxylic acid groups (broad SMARTS) is 1. The van der Waals surface area contributed by atoms with Gasteiger partial charge in [-0.25, -0.2) is 0 Å². The molecule has 1 aromatic carbocycles. The van der Waals surface area contributed by atoms with Crippen molar-refractivity contribution in [1.82, 2.24) is 0 Å². The van der Waals surface area contributed by atoms with E-state index in [0.29, 0.717) is 0 Å². The van der Waals surface area contributed by atoms with Crippen LogP contribution in [0.4, 0.5) is 0 Å². The molecule has 0 amide bonds. The fourth-order valence-corrected chi connectivity index (χ4v) is 3.30. The van der Waals surface area contributed by atoms with Gasteiger partial charge in [-0.1, -0.05) is 50.1 Å². The summed E-state index contributed by atoms with van der Waals surface area (Å²) in [4.78, 5) is 10.9. The van der Waals surface area contributed by atoms with Crippen LogP contribution in [-0.4, -0.2) is 11.1 Å². The van der Waals surface area contributed by atoms with Crippen molar-refractivity contribution in [3.63, 3.8) is 0 Å². The highest BCUT2D eigenvalue weighted by Crippen LogP contribution is 2.47. The van der Waals surface area contributed by atoms with E-state index in [1.807, 2.05) is 6.07 Å². The van der Waals surface area contributed by atoms with Gasteiger partial charge in [-0.05, 0) is 29.7 Å². The predicted octanol–water partition coefficient (Wildman–Crippen LogP) is 3.61. The first-order valence-electron chi connectivity index (χ1n) is 6.42. The van der Waals surface area contributed by atoms with Crippen LogP contribution in [0.5, 0.6) is 0 Å². The Kier molecular flexibility index (Phi) is 3.51. The van der Waals surface area contributed by atoms with Crippen molar-refractivity contribution >= 4 is 5.97 Å². The van der Waals surface area contributed by atoms with Gasteiger partial charge in [0.05, 0.1) is 0 Å². The van der Waals surface area contributed by atoms with Crippen molar-refractivity contribution in [1.29, 1.82) is 0 Å². The number of aliphatic carboxylic acids is 1. The Morgan fingerprint density at radius 3 is 2.41 bits per heavy atom. The number of carbonyl (C=O) groups is 1. The summed E-state index contributed by atoms with van der Waals surface area (Å²) in [5, 5.41) is 9.01. The lowest BCUT2D eigenvalue weighted by molar-refractivity contribution is -0.138. The fourth-order valence-electron chi connectivity index (χ4n) is 3.30. The smallest absolute Gasteiger partial charge is 0.303 e. The number of benzene rings is 1. The van der Waals surface area contributed by atoms with Crippen molar-refractivity contribution in [2.45, 2.75) is 44.4 Å². The van der Waals surface area contributed by atoms with Crippen LogP contribution in [-0.2, 0) is 10.2 Å². The molecule has 1 saturated carbocycles. The third kappa shape index (κ3) is 2.36. The van der Waals surface area contributed by atoms with Crippen molar-refractivity contribution in [3.8, 4) is 0 Å². The van der Waals surface area contributed by atoms with E-state index in [1.54, 1.807) is 0 Å². The average Bonchev–Trinajstić information content (AvgIpc) is 2.79. The first-order valence-corrected chi connectivity index (χ1v) is 6.42. The maximum Gasteiger partial charge on any atom is 0.303 e. The van der Waals surface area contributed by atoms with Crippen LogP contribution in [0.25, 0.3) is 0 Å². The summed E-state index contributed by atoms with van der Waals surface area (Å²) in [5.74, 6) is -0.468. The van der Waals surface area contributed by atoms with Crippen molar-refractivity contribution in [2.24, 2.45) is 5.92 Å². The number of rotatable bonds is 4. The minimum atomic E-state index is -0.681. The van der Waals surface area contributed by atoms with Gasteiger partial charge in [-0.2, -0.15) is 0 Å². The van der Waals surface area contributed by atoms with Crippen LogP contribution in [0.3, 0.4) is 0 Å². The molecule has 1 fully saturated rings. The summed E-state index contributed by atoms with van der Waals surface area (Å²) < 4.78 is 0. The summed E-state index contributed by atoms with van der Waals surface area (Å²) in [6.07, 6.45) is 4.98. The molecule has 1 aromatic rings. The summed E-state index contributed by atoms with van der Waals surface area (Å²) in [6.45, 7) is 2.09. The van der Waals surface area contributed by atoms with Crippen LogP contribution < -0.4 is 0 Å². The molecule has 0 aromatic heterocycles. The first-order chi connectivity index (χ1) is 8.15. The summed E-state index contributed by atoms with van der Waals surface area (Å²) >= 11 is 0. The minimum Gasteiger partial charge on any atom is -0.481 e. The average molecular weight is 232 g/mol. The van der Waals surface area contributed by atoms with E-state index in [4.69, 9.17) is 5.11 Å². The Hall–Kier alpha value is -1.31. The van der Waals surface area contributed by atoms with E-state index < -0.39 is 5.97 Å². The molecule has 0 saturated heterocycles. The zero-order valence-electron chi connectivity index (χ0n) is 10.4. The lowest BCUT2D eigenvalue weighted by Crippen LogP contribution is -2.32. The summed E-state index contributed by atoms with van der Waals surface area (Å²) in [5.41, 5.74) is 1.42. The standard InChI is InChI=1S/C15H20O2/c1-12(11-14(16)17)15(9-5-6-10-15)13-7-3-2-4-8-13/h2-4,7-8,12H,5-6,9-11H2,1H3,(H,16,17). The molecule has 0 radical (unpaired) electrons. The van der Waals surface area contributed by atoms with Gasteiger partial charge in [0.1, 0.15) is 0 Å². The van der Waals surface area contributed by atoms with Gasteiger partial charge >= 0.3 is 5.97 Å². The van der Waals surface area contributed by atoms with Gasteiger partial charge in [-0.15, -0.1) is 0 Å². The number of hydrogen-bond donors (Lipinski definition) is 1. The number of carboxylic acids is 1. The van der Waals surface area contributed by atoms with E-state index in [-0.39, 0.29) is 17.8 Å². The van der Waals surface area contributed by atoms with Crippen LogP contribution >= 0.6 is 0 Å². The van der Waals surface area contributed by atoms with Crippen LogP contribution in [0, 0.1) is 5.92 Å². The molecule has 1 atom stereocenters. The second-order valence-corrected chi connectivity index (χ2v) is 5.23. The van der Waals surface area contributed by atoms with Crippen molar-refractivity contribution < 1.29 is 9.90 Å². The highest BCUT2D eigenvalue weighted by Gasteiger charge is 2.40. The zero-order chi connectivity index (χ0) is 12.3. The Bertz CT molecular complexity index is 377. The molecule has 2 nitrogen and oxygen atoms in total. The van der Waals surface area contributed by atoms with E-state index in [9.17, 15) is 4.79 Å². The van der Waals surface area contributed by atoms with E-state index >= 15 is 0 Å². The molecular weight excluding hydrogens is 212 g/mol. The van der Waals surface area contributed by atoms with Crippen LogP contribution in [0.15, 0.2) is 30.3 Å². The molecule has 1 N–H and O–H groups in total. The van der Waals surface area contributed by atoms with Gasteiger partial charge in [0.15, 0.2) is 0 Å². The molecule has 0 aliphatic heterocycles. The maximum atomic E-state index is 10.9. The molecular formula is C15H20O2. The van der Waals surface area contributed by atoms with Crippen LogP contribution in [0.2, 0.25) is 0 Å². The molecule has 2 rings (SSSR count). The summed E-state index contributed by atoms with van der Waals surface area (Å²) in [7, 11) is 0. The first kappa shape index (κ1) is 12.2. The monoisotopic (exact) mass is 232 g/mol. The molecule has 1 unspecified atom stereocenters. The largest absolute Gasteiger partial charge is 0.481 e. The number of hydrogen-bond acceptors (Lipinski definition) is 1. The Morgan fingerprint density at radius 2 is 1.88 bits per heavy atom. The Morgan fingerprint density at radius 1 is 1.29 bits per heavy atom. The summed E-state index contributed by atoms with van der Waals surface area (Å²) in [6, 6.07) is 10.5. The van der Waals surface area contributed by atoms with Crippen LogP contribution in [0.1, 0.15) is 44.6 Å². The molecule has 1 aliphatic carbocycles. The third-order valence-electron chi connectivity index (χ3n) is 4.27. The van der Waals surface area contributed by atoms with E-state index in [2.05, 4.69) is 31.2 Å². The fraction of sp³-hybridized carbons (Fsp3) is 0.533. The van der Waals surface area contributed by atoms with Gasteiger partial charge in [-0.3, -0.25) is 4.79 Å². The quantitative estimate of drug-likeness (QED) is 0.861. The zero-order valence-corrected chi connectivity index (χ0v) is 10.4. The second-order valence-electron chi connectivity index (χ2n) is 5.23.